The molecule has 7 nitrogen and oxygen atoms in total. The highest BCUT2D eigenvalue weighted by molar-refractivity contribution is 8.02. The zero-order valence-corrected chi connectivity index (χ0v) is 19.3. The van der Waals surface area contributed by atoms with Crippen LogP contribution in [0.4, 0.5) is 0 Å². The van der Waals surface area contributed by atoms with E-state index in [1.807, 2.05) is 13.8 Å². The van der Waals surface area contributed by atoms with Crippen molar-refractivity contribution in [2.75, 3.05) is 19.7 Å². The van der Waals surface area contributed by atoms with Gasteiger partial charge in [0.05, 0.1) is 29.2 Å². The first kappa shape index (κ1) is 23.4. The number of aliphatic hydroxyl groups is 1. The summed E-state index contributed by atoms with van der Waals surface area (Å²) in [6.07, 6.45) is 6.07. The highest BCUT2D eigenvalue weighted by atomic mass is 32.2. The molecule has 0 aromatic carbocycles. The van der Waals surface area contributed by atoms with Crippen LogP contribution in [0.2, 0.25) is 0 Å². The number of amides is 3. The molecule has 6 atom stereocenters. The fourth-order valence-corrected chi connectivity index (χ4v) is 7.75. The second-order valence-electron chi connectivity index (χ2n) is 8.84. The molecule has 2 bridgehead atoms. The number of carbonyl (C=O) groups excluding carboxylic acids is 3. The number of carbonyl (C=O) groups is 3. The van der Waals surface area contributed by atoms with E-state index in [0.29, 0.717) is 19.5 Å². The topological polar surface area (TPSA) is 98.7 Å². The lowest BCUT2D eigenvalue weighted by atomic mass is 9.70. The predicted molar refractivity (Wildman–Crippen MR) is 118 cm³/mol. The molecule has 0 radical (unpaired) electrons. The molecule has 8 heteroatoms. The van der Waals surface area contributed by atoms with Gasteiger partial charge in [-0.3, -0.25) is 14.4 Å². The smallest absolute Gasteiger partial charge is 0.244 e. The molecular weight excluding hydrogens is 402 g/mol. The van der Waals surface area contributed by atoms with Crippen LogP contribution < -0.4 is 10.6 Å². The van der Waals surface area contributed by atoms with Gasteiger partial charge in [0.25, 0.3) is 0 Å². The van der Waals surface area contributed by atoms with Crippen molar-refractivity contribution in [1.82, 2.24) is 15.5 Å². The molecule has 3 saturated heterocycles. The maximum atomic E-state index is 13.7. The van der Waals surface area contributed by atoms with Crippen LogP contribution in [-0.4, -0.2) is 69.5 Å². The molecule has 0 saturated carbocycles. The van der Waals surface area contributed by atoms with Crippen LogP contribution in [0.25, 0.3) is 0 Å². The van der Waals surface area contributed by atoms with E-state index in [9.17, 15) is 19.5 Å². The molecule has 0 aliphatic carbocycles. The Labute approximate surface area is 184 Å². The van der Waals surface area contributed by atoms with Crippen LogP contribution in [0.15, 0.2) is 0 Å². The first-order chi connectivity index (χ1) is 14.5. The average Bonchev–Trinajstić information content (AvgIpc) is 3.38. The van der Waals surface area contributed by atoms with Gasteiger partial charge in [-0.15, -0.1) is 11.8 Å². The Morgan fingerprint density at radius 3 is 2.53 bits per heavy atom. The molecule has 3 amide bonds. The lowest BCUT2D eigenvalue weighted by Gasteiger charge is -2.36. The zero-order chi connectivity index (χ0) is 21.9. The SMILES string of the molecule is CCCCCNC(=O)C1N([C@@H](CC)CO)C(=O)[C@@H]2[C@@H](C(=O)NCCC)[C@H]3CCC12S3. The van der Waals surface area contributed by atoms with Crippen LogP contribution >= 0.6 is 11.8 Å². The van der Waals surface area contributed by atoms with E-state index >= 15 is 0 Å². The van der Waals surface area contributed by atoms with E-state index in [0.717, 1.165) is 38.5 Å². The van der Waals surface area contributed by atoms with Crippen LogP contribution in [0.5, 0.6) is 0 Å². The molecule has 1 spiro atoms. The number of thioether (sulfide) groups is 1. The highest BCUT2D eigenvalue weighted by Gasteiger charge is 2.74. The summed E-state index contributed by atoms with van der Waals surface area (Å²) in [6, 6.07) is -1.02. The first-order valence-corrected chi connectivity index (χ1v) is 12.5. The number of hydrogen-bond donors (Lipinski definition) is 3. The van der Waals surface area contributed by atoms with Gasteiger partial charge in [0.15, 0.2) is 0 Å². The van der Waals surface area contributed by atoms with Crippen molar-refractivity contribution in [3.05, 3.63) is 0 Å². The monoisotopic (exact) mass is 439 g/mol. The minimum atomic E-state index is -0.618. The van der Waals surface area contributed by atoms with Gasteiger partial charge in [0.2, 0.25) is 17.7 Å². The van der Waals surface area contributed by atoms with Gasteiger partial charge in [0, 0.05) is 18.3 Å². The van der Waals surface area contributed by atoms with Gasteiger partial charge in [-0.25, -0.2) is 0 Å². The Balaban J connectivity index is 1.91. The second-order valence-corrected chi connectivity index (χ2v) is 10.4. The van der Waals surface area contributed by atoms with E-state index in [2.05, 4.69) is 17.6 Å². The summed E-state index contributed by atoms with van der Waals surface area (Å²) < 4.78 is -0.562. The molecule has 3 N–H and O–H groups in total. The van der Waals surface area contributed by atoms with Gasteiger partial charge < -0.3 is 20.6 Å². The molecule has 3 rings (SSSR count). The van der Waals surface area contributed by atoms with Crippen LogP contribution in [-0.2, 0) is 14.4 Å². The fraction of sp³-hybridized carbons (Fsp3) is 0.864. The minimum absolute atomic E-state index is 0.0599. The number of aliphatic hydroxyl groups excluding tert-OH is 1. The Kier molecular flexibility index (Phi) is 7.71. The van der Waals surface area contributed by atoms with E-state index in [1.54, 1.807) is 16.7 Å². The van der Waals surface area contributed by atoms with E-state index < -0.39 is 22.7 Å². The van der Waals surface area contributed by atoms with Gasteiger partial charge >= 0.3 is 0 Å². The van der Waals surface area contributed by atoms with Crippen molar-refractivity contribution in [3.63, 3.8) is 0 Å². The van der Waals surface area contributed by atoms with Crippen LogP contribution in [0.3, 0.4) is 0 Å². The van der Waals surface area contributed by atoms with E-state index in [4.69, 9.17) is 0 Å². The van der Waals surface area contributed by atoms with Crippen molar-refractivity contribution in [2.24, 2.45) is 11.8 Å². The number of likely N-dealkylation sites (tertiary alicyclic amines) is 1. The van der Waals surface area contributed by atoms with E-state index in [-0.39, 0.29) is 35.5 Å². The average molecular weight is 440 g/mol. The quantitative estimate of drug-likeness (QED) is 0.426. The Bertz CT molecular complexity index is 656. The number of unbranched alkanes of at least 4 members (excludes halogenated alkanes) is 2. The summed E-state index contributed by atoms with van der Waals surface area (Å²) in [4.78, 5) is 41.6. The number of nitrogens with one attached hydrogen (secondary N) is 2. The van der Waals surface area contributed by atoms with Gasteiger partial charge in [-0.2, -0.15) is 0 Å². The van der Waals surface area contributed by atoms with Gasteiger partial charge in [0.1, 0.15) is 6.04 Å². The molecule has 170 valence electrons. The third-order valence-electron chi connectivity index (χ3n) is 6.99. The highest BCUT2D eigenvalue weighted by Crippen LogP contribution is 2.66. The molecular formula is C22H37N3O4S. The van der Waals surface area contributed by atoms with Crippen molar-refractivity contribution < 1.29 is 19.5 Å². The standard InChI is InChI=1S/C22H37N3O4S/c1-4-7-8-12-24-20(28)18-22-10-9-15(30-22)16(19(27)23-11-5-2)17(22)21(29)25(18)14(6-3)13-26/h14-18,26H,4-13H2,1-3H3,(H,23,27)(H,24,28)/t14-,15+,16-,17-,18?,22?/m0/s1. The summed E-state index contributed by atoms with van der Waals surface area (Å²) in [5, 5.41) is 16.1. The predicted octanol–water partition coefficient (Wildman–Crippen LogP) is 1.68. The third kappa shape index (κ3) is 3.85. The Morgan fingerprint density at radius 2 is 1.90 bits per heavy atom. The fourth-order valence-electron chi connectivity index (χ4n) is 5.55. The second kappa shape index (κ2) is 9.90. The normalized spacial score (nSPS) is 32.9. The summed E-state index contributed by atoms with van der Waals surface area (Å²) >= 11 is 1.68. The molecule has 3 fully saturated rings. The lowest BCUT2D eigenvalue weighted by molar-refractivity contribution is -0.142. The maximum absolute atomic E-state index is 13.7. The minimum Gasteiger partial charge on any atom is -0.394 e. The largest absolute Gasteiger partial charge is 0.394 e. The number of fused-ring (bicyclic) bond motifs is 1. The van der Waals surface area contributed by atoms with Crippen molar-refractivity contribution in [3.8, 4) is 0 Å². The summed E-state index contributed by atoms with van der Waals surface area (Å²) in [5.74, 6) is -1.19. The number of hydrogen-bond acceptors (Lipinski definition) is 5. The zero-order valence-electron chi connectivity index (χ0n) is 18.5. The summed E-state index contributed by atoms with van der Waals surface area (Å²) in [5.41, 5.74) is 0. The lowest BCUT2D eigenvalue weighted by Crippen LogP contribution is -2.56. The Hall–Kier alpha value is -1.28. The molecule has 0 aromatic heterocycles. The van der Waals surface area contributed by atoms with Crippen molar-refractivity contribution >= 4 is 29.5 Å². The van der Waals surface area contributed by atoms with Gasteiger partial charge in [-0.1, -0.05) is 33.6 Å². The molecule has 3 heterocycles. The number of nitrogens with zero attached hydrogens (tertiary/aromatic N) is 1. The first-order valence-electron chi connectivity index (χ1n) is 11.6. The van der Waals surface area contributed by atoms with E-state index in [1.165, 1.54) is 0 Å². The molecule has 3 aliphatic heterocycles. The van der Waals surface area contributed by atoms with Gasteiger partial charge in [-0.05, 0) is 32.1 Å². The third-order valence-corrected chi connectivity index (χ3v) is 8.95. The molecule has 30 heavy (non-hydrogen) atoms. The number of rotatable bonds is 11. The maximum Gasteiger partial charge on any atom is 0.244 e. The molecule has 3 aliphatic rings. The van der Waals surface area contributed by atoms with Crippen LogP contribution in [0, 0.1) is 11.8 Å². The Morgan fingerprint density at radius 1 is 1.17 bits per heavy atom. The summed E-state index contributed by atoms with van der Waals surface area (Å²) in [6.45, 7) is 7.06. The van der Waals surface area contributed by atoms with Crippen LogP contribution in [0.1, 0.15) is 65.7 Å². The molecule has 2 unspecified atom stereocenters. The van der Waals surface area contributed by atoms with Crippen molar-refractivity contribution in [1.29, 1.82) is 0 Å². The summed E-state index contributed by atoms with van der Waals surface area (Å²) in [7, 11) is 0. The molecule has 0 aromatic rings. The van der Waals surface area contributed by atoms with Crippen molar-refractivity contribution in [2.45, 2.75) is 87.8 Å².